The second-order valence-corrected chi connectivity index (χ2v) is 5.90. The molecule has 0 radical (unpaired) electrons. The number of rotatable bonds is 5. The van der Waals surface area contributed by atoms with Gasteiger partial charge in [-0.15, -0.1) is 0 Å². The lowest BCUT2D eigenvalue weighted by atomic mass is 10.0. The molecule has 6 nitrogen and oxygen atoms in total. The minimum absolute atomic E-state index is 0.145. The Morgan fingerprint density at radius 2 is 1.96 bits per heavy atom. The lowest BCUT2D eigenvalue weighted by molar-refractivity contribution is 0.864. The van der Waals surface area contributed by atoms with Gasteiger partial charge in [0.05, 0.1) is 0 Å². The lowest BCUT2D eigenvalue weighted by Crippen LogP contribution is -2.15. The molecule has 2 N–H and O–H groups in total. The van der Waals surface area contributed by atoms with Crippen molar-refractivity contribution in [2.75, 3.05) is 5.32 Å². The van der Waals surface area contributed by atoms with Crippen LogP contribution in [0.2, 0.25) is 0 Å². The monoisotopic (exact) mass is 311 g/mol. The van der Waals surface area contributed by atoms with Crippen LogP contribution in [0.1, 0.15) is 43.5 Å². The molecule has 120 valence electrons. The quantitative estimate of drug-likeness (QED) is 0.759. The summed E-state index contributed by atoms with van der Waals surface area (Å²) in [6.07, 6.45) is 0.712. The molecule has 23 heavy (non-hydrogen) atoms. The number of nitrogens with one attached hydrogen (secondary N) is 2. The third kappa shape index (κ3) is 3.26. The summed E-state index contributed by atoms with van der Waals surface area (Å²) in [6.45, 7) is 6.95. The van der Waals surface area contributed by atoms with E-state index in [1.54, 1.807) is 0 Å². The Bertz CT molecular complexity index is 861. The number of fused-ring (bicyclic) bond motifs is 1. The zero-order valence-corrected chi connectivity index (χ0v) is 13.6. The SMILES string of the molecule is CCc1cc(=O)n2[nH]c(NCc3ccc(C(C)C)cc3)nc2n1. The van der Waals surface area contributed by atoms with Gasteiger partial charge < -0.3 is 5.32 Å². The first kappa shape index (κ1) is 15.3. The summed E-state index contributed by atoms with van der Waals surface area (Å²) in [7, 11) is 0. The van der Waals surface area contributed by atoms with Gasteiger partial charge in [-0.2, -0.15) is 9.50 Å². The maximum Gasteiger partial charge on any atom is 0.274 e. The van der Waals surface area contributed by atoms with Crippen molar-refractivity contribution in [3.63, 3.8) is 0 Å². The zero-order chi connectivity index (χ0) is 16.4. The first-order valence-corrected chi connectivity index (χ1v) is 7.88. The standard InChI is InChI=1S/C17H21N5O/c1-4-14-9-15(23)22-17(19-14)20-16(21-22)18-10-12-5-7-13(8-6-12)11(2)3/h5-9,11H,4,10H2,1-3H3,(H2,18,19,20,21). The highest BCUT2D eigenvalue weighted by molar-refractivity contribution is 5.38. The van der Waals surface area contributed by atoms with Gasteiger partial charge >= 0.3 is 0 Å². The average Bonchev–Trinajstić information content (AvgIpc) is 2.96. The van der Waals surface area contributed by atoms with Gasteiger partial charge in [-0.25, -0.2) is 4.98 Å². The molecule has 0 unspecified atom stereocenters. The number of aromatic nitrogens is 4. The fourth-order valence-corrected chi connectivity index (χ4v) is 2.39. The molecule has 0 saturated carbocycles. The smallest absolute Gasteiger partial charge is 0.274 e. The predicted octanol–water partition coefficient (Wildman–Crippen LogP) is 2.72. The Labute approximate surface area is 134 Å². The van der Waals surface area contributed by atoms with Crippen molar-refractivity contribution in [1.29, 1.82) is 0 Å². The largest absolute Gasteiger partial charge is 0.351 e. The predicted molar refractivity (Wildman–Crippen MR) is 90.8 cm³/mol. The van der Waals surface area contributed by atoms with E-state index in [0.29, 0.717) is 30.6 Å². The number of aryl methyl sites for hydroxylation is 1. The fraction of sp³-hybridized carbons (Fsp3) is 0.353. The molecule has 2 heterocycles. The Morgan fingerprint density at radius 1 is 1.22 bits per heavy atom. The molecule has 0 bridgehead atoms. The van der Waals surface area contributed by atoms with Crippen molar-refractivity contribution < 1.29 is 0 Å². The topological polar surface area (TPSA) is 75.1 Å². The minimum atomic E-state index is -0.145. The van der Waals surface area contributed by atoms with Crippen molar-refractivity contribution in [1.82, 2.24) is 19.6 Å². The van der Waals surface area contributed by atoms with Gasteiger partial charge in [0.25, 0.3) is 11.3 Å². The molecule has 0 spiro atoms. The first-order chi connectivity index (χ1) is 11.1. The third-order valence-electron chi connectivity index (χ3n) is 3.85. The van der Waals surface area contributed by atoms with Crippen LogP contribution in [0.3, 0.4) is 0 Å². The summed E-state index contributed by atoms with van der Waals surface area (Å²) >= 11 is 0. The molecule has 0 aliphatic rings. The van der Waals surface area contributed by atoms with E-state index >= 15 is 0 Å². The van der Waals surface area contributed by atoms with Crippen LogP contribution in [0.25, 0.3) is 5.78 Å². The number of hydrogen-bond donors (Lipinski definition) is 2. The van der Waals surface area contributed by atoms with Crippen molar-refractivity contribution >= 4 is 11.7 Å². The molecule has 1 aromatic carbocycles. The summed E-state index contributed by atoms with van der Waals surface area (Å²) in [6, 6.07) is 10.0. The third-order valence-corrected chi connectivity index (χ3v) is 3.85. The molecule has 0 saturated heterocycles. The van der Waals surface area contributed by atoms with E-state index in [4.69, 9.17) is 0 Å². The van der Waals surface area contributed by atoms with E-state index < -0.39 is 0 Å². The van der Waals surface area contributed by atoms with E-state index in [1.165, 1.54) is 16.1 Å². The van der Waals surface area contributed by atoms with Gasteiger partial charge in [0.15, 0.2) is 0 Å². The molecule has 0 fully saturated rings. The van der Waals surface area contributed by atoms with Crippen molar-refractivity contribution in [2.24, 2.45) is 0 Å². The second-order valence-electron chi connectivity index (χ2n) is 5.90. The zero-order valence-electron chi connectivity index (χ0n) is 13.6. The number of benzene rings is 1. The fourth-order valence-electron chi connectivity index (χ4n) is 2.39. The van der Waals surface area contributed by atoms with Crippen LogP contribution >= 0.6 is 0 Å². The molecule has 3 rings (SSSR count). The Balaban J connectivity index is 1.76. The Morgan fingerprint density at radius 3 is 2.61 bits per heavy atom. The molecule has 0 amide bonds. The molecule has 0 atom stereocenters. The van der Waals surface area contributed by atoms with E-state index in [-0.39, 0.29) is 5.56 Å². The highest BCUT2D eigenvalue weighted by Crippen LogP contribution is 2.15. The summed E-state index contributed by atoms with van der Waals surface area (Å²) in [5.41, 5.74) is 3.08. The van der Waals surface area contributed by atoms with E-state index in [2.05, 4.69) is 58.5 Å². The summed E-state index contributed by atoms with van der Waals surface area (Å²) < 4.78 is 1.35. The number of anilines is 1. The normalized spacial score (nSPS) is 11.3. The molecule has 0 aliphatic heterocycles. The molecular formula is C17H21N5O. The maximum atomic E-state index is 12.0. The number of aromatic amines is 1. The highest BCUT2D eigenvalue weighted by Gasteiger charge is 2.07. The van der Waals surface area contributed by atoms with Crippen LogP contribution in [0, 0.1) is 0 Å². The second kappa shape index (κ2) is 6.24. The van der Waals surface area contributed by atoms with Crippen molar-refractivity contribution in [3.8, 4) is 0 Å². The van der Waals surface area contributed by atoms with Gasteiger partial charge in [-0.1, -0.05) is 45.0 Å². The van der Waals surface area contributed by atoms with Gasteiger partial charge in [-0.05, 0) is 23.5 Å². The van der Waals surface area contributed by atoms with E-state index in [1.807, 2.05) is 6.92 Å². The van der Waals surface area contributed by atoms with E-state index in [9.17, 15) is 4.79 Å². The average molecular weight is 311 g/mol. The van der Waals surface area contributed by atoms with Gasteiger partial charge in [-0.3, -0.25) is 9.89 Å². The van der Waals surface area contributed by atoms with Gasteiger partial charge in [0.2, 0.25) is 5.95 Å². The molecular weight excluding hydrogens is 290 g/mol. The van der Waals surface area contributed by atoms with Gasteiger partial charge in [0, 0.05) is 18.3 Å². The van der Waals surface area contributed by atoms with Crippen LogP contribution in [-0.4, -0.2) is 19.6 Å². The lowest BCUT2D eigenvalue weighted by Gasteiger charge is -2.07. The summed E-state index contributed by atoms with van der Waals surface area (Å²) in [4.78, 5) is 20.6. The molecule has 3 aromatic rings. The van der Waals surface area contributed by atoms with Gasteiger partial charge in [0.1, 0.15) is 0 Å². The number of H-pyrrole nitrogens is 1. The minimum Gasteiger partial charge on any atom is -0.351 e. The number of nitrogens with zero attached hydrogens (tertiary/aromatic N) is 3. The maximum absolute atomic E-state index is 12.0. The summed E-state index contributed by atoms with van der Waals surface area (Å²) in [5.74, 6) is 1.46. The molecule has 6 heteroatoms. The highest BCUT2D eigenvalue weighted by atomic mass is 16.1. The Hall–Kier alpha value is -2.63. The van der Waals surface area contributed by atoms with Crippen LogP contribution < -0.4 is 10.9 Å². The van der Waals surface area contributed by atoms with Crippen molar-refractivity contribution in [3.05, 3.63) is 57.5 Å². The van der Waals surface area contributed by atoms with Crippen LogP contribution in [0.15, 0.2) is 35.1 Å². The van der Waals surface area contributed by atoms with Crippen LogP contribution in [0.5, 0.6) is 0 Å². The number of hydrogen-bond acceptors (Lipinski definition) is 4. The summed E-state index contributed by atoms with van der Waals surface area (Å²) in [5, 5.41) is 6.13. The van der Waals surface area contributed by atoms with Crippen LogP contribution in [0.4, 0.5) is 5.95 Å². The molecule has 0 aliphatic carbocycles. The van der Waals surface area contributed by atoms with E-state index in [0.717, 1.165) is 11.3 Å². The first-order valence-electron chi connectivity index (χ1n) is 7.88. The Kier molecular flexibility index (Phi) is 4.14. The van der Waals surface area contributed by atoms with Crippen LogP contribution in [-0.2, 0) is 13.0 Å². The van der Waals surface area contributed by atoms with Crippen molar-refractivity contribution in [2.45, 2.75) is 39.7 Å². The molecule has 2 aromatic heterocycles.